The molecule has 8 aromatic carbocycles. The lowest BCUT2D eigenvalue weighted by molar-refractivity contribution is 1.47. The molecule has 8 aromatic rings. The molecule has 0 radical (unpaired) electrons. The Labute approximate surface area is 377 Å². The van der Waals surface area contributed by atoms with E-state index in [0.29, 0.717) is 0 Å². The lowest BCUT2D eigenvalue weighted by Gasteiger charge is -2.26. The van der Waals surface area contributed by atoms with Crippen molar-refractivity contribution in [2.45, 2.75) is 0 Å². The van der Waals surface area contributed by atoms with Gasteiger partial charge in [0.25, 0.3) is 0 Å². The molecule has 1 aliphatic carbocycles. The van der Waals surface area contributed by atoms with Crippen LogP contribution in [-0.2, 0) is 0 Å². The average molecular weight is 809 g/mol. The number of allylic oxidation sites excluding steroid dienone is 8. The van der Waals surface area contributed by atoms with Gasteiger partial charge in [0.2, 0.25) is 0 Å². The van der Waals surface area contributed by atoms with E-state index in [1.807, 2.05) is 121 Å². The Balaban J connectivity index is 1.59. The van der Waals surface area contributed by atoms with E-state index in [4.69, 9.17) is 0 Å². The minimum Gasteiger partial charge on any atom is -0.0622 e. The predicted molar refractivity (Wildman–Crippen MR) is 267 cm³/mol. The van der Waals surface area contributed by atoms with Gasteiger partial charge in [-0.05, 0) is 70.8 Å². The maximum absolute atomic E-state index is 3.81. The fourth-order valence-corrected chi connectivity index (χ4v) is 7.70. The van der Waals surface area contributed by atoms with E-state index in [-0.39, 0.29) is 0 Å². The standard InChI is InChI=1S/C64H40/c1-9-25-49(26-10-1)41-45-57-58(46-42-50-27-11-2-12-28-50)62(54-35-19-6-20-36-54)64(56-39-23-8-24-40-56)60(48-44-52-31-15-4-16-32-52)59(47-43-51-29-13-3-14-30-51)63(55-37-21-7-22-38-55)61(57)53-33-17-5-18-34-53/h1-40H/b58-57-,60-59-,61-57?,62-58?,63-59?,63-61-,64-60?,64-62-. The lowest BCUT2D eigenvalue weighted by atomic mass is 9.74. The Morgan fingerprint density at radius 2 is 0.312 bits per heavy atom. The van der Waals surface area contributed by atoms with Crippen LogP contribution in [0.4, 0.5) is 0 Å². The first-order chi connectivity index (χ1) is 31.8. The molecular formula is C64H40. The maximum Gasteiger partial charge on any atom is 0.0497 e. The first kappa shape index (κ1) is 40.4. The van der Waals surface area contributed by atoms with Crippen molar-refractivity contribution in [3.05, 3.63) is 309 Å². The minimum absolute atomic E-state index is 0.777. The number of benzene rings is 8. The van der Waals surface area contributed by atoms with Crippen molar-refractivity contribution in [2.24, 2.45) is 0 Å². The summed E-state index contributed by atoms with van der Waals surface area (Å²) in [4.78, 5) is 0. The van der Waals surface area contributed by atoms with Crippen molar-refractivity contribution in [1.29, 1.82) is 0 Å². The molecule has 0 saturated heterocycles. The maximum atomic E-state index is 3.81. The topological polar surface area (TPSA) is 0 Å². The highest BCUT2D eigenvalue weighted by Gasteiger charge is 2.30. The van der Waals surface area contributed by atoms with Crippen LogP contribution in [0, 0.1) is 47.4 Å². The number of hydrogen-bond acceptors (Lipinski definition) is 0. The van der Waals surface area contributed by atoms with Crippen molar-refractivity contribution < 1.29 is 0 Å². The fraction of sp³-hybridized carbons (Fsp3) is 0. The van der Waals surface area contributed by atoms with E-state index in [2.05, 4.69) is 169 Å². The summed E-state index contributed by atoms with van der Waals surface area (Å²) in [7, 11) is 0. The summed E-state index contributed by atoms with van der Waals surface area (Å²) in [5, 5.41) is 0. The quantitative estimate of drug-likeness (QED) is 0.155. The monoisotopic (exact) mass is 808 g/mol. The van der Waals surface area contributed by atoms with Crippen LogP contribution in [0.25, 0.3) is 22.3 Å². The molecule has 0 heteroatoms. The van der Waals surface area contributed by atoms with Gasteiger partial charge in [-0.1, -0.05) is 241 Å². The third-order valence-electron chi connectivity index (χ3n) is 10.7. The first-order valence-corrected chi connectivity index (χ1v) is 21.3. The molecule has 1 aliphatic rings. The van der Waals surface area contributed by atoms with Crippen LogP contribution in [0.5, 0.6) is 0 Å². The highest BCUT2D eigenvalue weighted by molar-refractivity contribution is 6.18. The van der Waals surface area contributed by atoms with Gasteiger partial charge < -0.3 is 0 Å². The van der Waals surface area contributed by atoms with Gasteiger partial charge in [0, 0.05) is 66.8 Å². The summed E-state index contributed by atoms with van der Waals surface area (Å²) < 4.78 is 0. The summed E-state index contributed by atoms with van der Waals surface area (Å²) in [5.74, 6) is 29.7. The normalized spacial score (nSPS) is 16.8. The molecule has 0 fully saturated rings. The largest absolute Gasteiger partial charge is 0.0622 e. The molecule has 0 aromatic heterocycles. The number of hydrogen-bond donors (Lipinski definition) is 0. The second-order valence-corrected chi connectivity index (χ2v) is 14.9. The van der Waals surface area contributed by atoms with E-state index in [1.54, 1.807) is 0 Å². The van der Waals surface area contributed by atoms with E-state index in [1.165, 1.54) is 0 Å². The molecule has 9 rings (SSSR count). The molecule has 0 heterocycles. The van der Waals surface area contributed by atoms with Gasteiger partial charge in [0.05, 0.1) is 0 Å². The second kappa shape index (κ2) is 20.0. The Hall–Kier alpha value is -9.04. The highest BCUT2D eigenvalue weighted by atomic mass is 14.3. The summed E-state index contributed by atoms with van der Waals surface area (Å²) in [6, 6.07) is 82.8. The van der Waals surface area contributed by atoms with Crippen molar-refractivity contribution in [3.63, 3.8) is 0 Å². The molecule has 0 unspecified atom stereocenters. The van der Waals surface area contributed by atoms with E-state index < -0.39 is 0 Å². The summed E-state index contributed by atoms with van der Waals surface area (Å²) in [6.07, 6.45) is 0. The first-order valence-electron chi connectivity index (χ1n) is 21.3. The summed E-state index contributed by atoms with van der Waals surface area (Å²) in [5.41, 5.74) is 14.2. The molecule has 0 saturated carbocycles. The zero-order valence-corrected chi connectivity index (χ0v) is 35.1. The molecule has 0 N–H and O–H groups in total. The van der Waals surface area contributed by atoms with Gasteiger partial charge in [0.15, 0.2) is 0 Å². The third kappa shape index (κ3) is 9.46. The third-order valence-corrected chi connectivity index (χ3v) is 10.7. The Bertz CT molecular complexity index is 2830. The molecule has 0 nitrogen and oxygen atoms in total. The molecule has 0 bridgehead atoms. The average Bonchev–Trinajstić information content (AvgIpc) is 3.37. The Kier molecular flexibility index (Phi) is 12.6. The molecule has 296 valence electrons. The van der Waals surface area contributed by atoms with Crippen molar-refractivity contribution in [3.8, 4) is 47.4 Å². The SMILES string of the molecule is C(#Cc1ccccc1)C1=C(C#Cc2ccccc2)/C(c2ccccc2)=C(c2ccccc2)\C(C#Cc2ccccc2)=C(C#Cc2ccccc2)/C(c2ccccc2)=C\1c1ccccc1. The zero-order chi connectivity index (χ0) is 43.2. The van der Waals surface area contributed by atoms with E-state index in [9.17, 15) is 0 Å². The molecule has 0 spiro atoms. The van der Waals surface area contributed by atoms with Crippen molar-refractivity contribution in [1.82, 2.24) is 0 Å². The summed E-state index contributed by atoms with van der Waals surface area (Å²) in [6.45, 7) is 0. The van der Waals surface area contributed by atoms with Gasteiger partial charge in [0.1, 0.15) is 0 Å². The van der Waals surface area contributed by atoms with Gasteiger partial charge >= 0.3 is 0 Å². The van der Waals surface area contributed by atoms with E-state index >= 15 is 0 Å². The van der Waals surface area contributed by atoms with Crippen LogP contribution >= 0.6 is 0 Å². The van der Waals surface area contributed by atoms with Crippen molar-refractivity contribution in [2.75, 3.05) is 0 Å². The van der Waals surface area contributed by atoms with Gasteiger partial charge in [-0.3, -0.25) is 0 Å². The lowest BCUT2D eigenvalue weighted by Crippen LogP contribution is -2.09. The molecule has 0 aliphatic heterocycles. The van der Waals surface area contributed by atoms with Crippen LogP contribution < -0.4 is 0 Å². The fourth-order valence-electron chi connectivity index (χ4n) is 7.70. The Morgan fingerprint density at radius 1 is 0.156 bits per heavy atom. The molecular weight excluding hydrogens is 769 g/mol. The van der Waals surface area contributed by atoms with Crippen LogP contribution in [0.1, 0.15) is 44.5 Å². The van der Waals surface area contributed by atoms with Gasteiger partial charge in [-0.15, -0.1) is 0 Å². The molecule has 0 amide bonds. The predicted octanol–water partition coefficient (Wildman–Crippen LogP) is 14.0. The van der Waals surface area contributed by atoms with E-state index in [0.717, 1.165) is 89.1 Å². The van der Waals surface area contributed by atoms with Gasteiger partial charge in [-0.25, -0.2) is 0 Å². The Morgan fingerprint density at radius 3 is 0.484 bits per heavy atom. The smallest absolute Gasteiger partial charge is 0.0497 e. The van der Waals surface area contributed by atoms with Crippen LogP contribution in [0.3, 0.4) is 0 Å². The summed E-state index contributed by atoms with van der Waals surface area (Å²) >= 11 is 0. The minimum atomic E-state index is 0.777. The zero-order valence-electron chi connectivity index (χ0n) is 35.1. The molecule has 0 atom stereocenters. The molecule has 64 heavy (non-hydrogen) atoms. The van der Waals surface area contributed by atoms with Crippen LogP contribution in [0.2, 0.25) is 0 Å². The van der Waals surface area contributed by atoms with Crippen LogP contribution in [0.15, 0.2) is 265 Å². The van der Waals surface area contributed by atoms with Gasteiger partial charge in [-0.2, -0.15) is 0 Å². The number of rotatable bonds is 4. The highest BCUT2D eigenvalue weighted by Crippen LogP contribution is 2.48. The second-order valence-electron chi connectivity index (χ2n) is 14.9. The van der Waals surface area contributed by atoms with Crippen LogP contribution in [-0.4, -0.2) is 0 Å². The van der Waals surface area contributed by atoms with Crippen molar-refractivity contribution >= 4 is 22.3 Å².